The van der Waals surface area contributed by atoms with Crippen LogP contribution in [0.25, 0.3) is 0 Å². The molecule has 1 aromatic heterocycles. The summed E-state index contributed by atoms with van der Waals surface area (Å²) in [6, 6.07) is 0. The lowest BCUT2D eigenvalue weighted by Gasteiger charge is -2.06. The Morgan fingerprint density at radius 2 is 2.27 bits per heavy atom. The molecule has 1 amide bonds. The third-order valence-electron chi connectivity index (χ3n) is 1.11. The zero-order valence-electron chi connectivity index (χ0n) is 6.24. The largest absolute Gasteiger partial charge is 0.381 e. The molecule has 0 atom stereocenters. The van der Waals surface area contributed by atoms with Crippen molar-refractivity contribution in [3.63, 3.8) is 0 Å². The first-order valence-electron chi connectivity index (χ1n) is 2.92. The smallest absolute Gasteiger partial charge is 0.268 e. The van der Waals surface area contributed by atoms with E-state index in [2.05, 4.69) is 9.59 Å². The summed E-state index contributed by atoms with van der Waals surface area (Å²) in [6.07, 6.45) is 0. The molecule has 0 saturated heterocycles. The van der Waals surface area contributed by atoms with Crippen molar-refractivity contribution in [2.24, 2.45) is 0 Å². The van der Waals surface area contributed by atoms with Gasteiger partial charge in [0, 0.05) is 14.1 Å². The molecule has 5 nitrogen and oxygen atoms in total. The summed E-state index contributed by atoms with van der Waals surface area (Å²) < 4.78 is 3.54. The maximum atomic E-state index is 11.2. The van der Waals surface area contributed by atoms with E-state index in [0.29, 0.717) is 4.88 Å². The Kier molecular flexibility index (Phi) is 2.04. The maximum Gasteiger partial charge on any atom is 0.268 e. The summed E-state index contributed by atoms with van der Waals surface area (Å²) in [6.45, 7) is 0. The first-order valence-corrected chi connectivity index (χ1v) is 3.69. The van der Waals surface area contributed by atoms with E-state index in [0.717, 1.165) is 11.5 Å². The maximum absolute atomic E-state index is 11.2. The first-order chi connectivity index (χ1) is 5.13. The predicted octanol–water partition coefficient (Wildman–Crippen LogP) is -0.178. The summed E-state index contributed by atoms with van der Waals surface area (Å²) in [5, 5.41) is 3.52. The van der Waals surface area contributed by atoms with Crippen LogP contribution in [0.3, 0.4) is 0 Å². The van der Waals surface area contributed by atoms with Crippen molar-refractivity contribution in [3.05, 3.63) is 4.88 Å². The molecule has 6 heteroatoms. The van der Waals surface area contributed by atoms with Gasteiger partial charge in [0.05, 0.1) is 0 Å². The van der Waals surface area contributed by atoms with Gasteiger partial charge in [0.1, 0.15) is 0 Å². The fraction of sp³-hybridized carbons (Fsp3) is 0.400. The summed E-state index contributed by atoms with van der Waals surface area (Å²) in [5.74, 6) is 0.0474. The van der Waals surface area contributed by atoms with Gasteiger partial charge in [-0.25, -0.2) is 0 Å². The van der Waals surface area contributed by atoms with Crippen molar-refractivity contribution in [2.75, 3.05) is 19.8 Å². The van der Waals surface area contributed by atoms with E-state index in [1.54, 1.807) is 14.1 Å². The van der Waals surface area contributed by atoms with Crippen LogP contribution in [0.15, 0.2) is 0 Å². The topological polar surface area (TPSA) is 72.1 Å². The average molecular weight is 172 g/mol. The quantitative estimate of drug-likeness (QED) is 0.638. The molecule has 1 rings (SSSR count). The second-order valence-corrected chi connectivity index (χ2v) is 2.94. The van der Waals surface area contributed by atoms with Crippen molar-refractivity contribution >= 4 is 23.3 Å². The number of nitrogens with zero attached hydrogens (tertiary/aromatic N) is 3. The number of carbonyl (C=O) groups is 1. The monoisotopic (exact) mass is 172 g/mol. The average Bonchev–Trinajstić information content (AvgIpc) is 2.33. The van der Waals surface area contributed by atoms with Crippen LogP contribution in [-0.4, -0.2) is 34.5 Å². The minimum absolute atomic E-state index is 0.155. The number of anilines is 1. The number of aromatic nitrogens is 2. The molecule has 1 heterocycles. The van der Waals surface area contributed by atoms with Gasteiger partial charge >= 0.3 is 0 Å². The fourth-order valence-electron chi connectivity index (χ4n) is 0.549. The number of hydrogen-bond donors (Lipinski definition) is 1. The van der Waals surface area contributed by atoms with Gasteiger partial charge in [0.25, 0.3) is 5.91 Å². The van der Waals surface area contributed by atoms with Crippen LogP contribution >= 0.6 is 11.5 Å². The van der Waals surface area contributed by atoms with Crippen molar-refractivity contribution in [2.45, 2.75) is 0 Å². The van der Waals surface area contributed by atoms with Gasteiger partial charge in [-0.3, -0.25) is 4.79 Å². The zero-order valence-corrected chi connectivity index (χ0v) is 7.05. The Labute approximate surface area is 68.0 Å². The summed E-state index contributed by atoms with van der Waals surface area (Å²) in [4.78, 5) is 13.0. The van der Waals surface area contributed by atoms with E-state index in [-0.39, 0.29) is 11.7 Å². The lowest BCUT2D eigenvalue weighted by atomic mass is 10.4. The van der Waals surface area contributed by atoms with Crippen molar-refractivity contribution < 1.29 is 4.79 Å². The van der Waals surface area contributed by atoms with E-state index in [1.807, 2.05) is 0 Å². The highest BCUT2D eigenvalue weighted by atomic mass is 32.1. The number of carbonyl (C=O) groups excluding carboxylic acids is 1. The molecule has 0 aliphatic carbocycles. The van der Waals surface area contributed by atoms with Gasteiger partial charge in [0.2, 0.25) is 0 Å². The Morgan fingerprint density at radius 3 is 2.64 bits per heavy atom. The molecule has 0 aliphatic heterocycles. The molecule has 0 fully saturated rings. The van der Waals surface area contributed by atoms with Crippen LogP contribution in [0.2, 0.25) is 0 Å². The zero-order chi connectivity index (χ0) is 8.43. The molecule has 0 bridgehead atoms. The van der Waals surface area contributed by atoms with Crippen molar-refractivity contribution in [3.8, 4) is 0 Å². The Balaban J connectivity index is 2.93. The van der Waals surface area contributed by atoms with Crippen LogP contribution in [0.4, 0.5) is 5.82 Å². The van der Waals surface area contributed by atoms with Gasteiger partial charge in [-0.2, -0.15) is 0 Å². The Hall–Kier alpha value is -1.17. The number of nitrogens with two attached hydrogens (primary N) is 1. The Bertz CT molecular complexity index is 269. The number of nitrogen functional groups attached to an aromatic ring is 1. The molecule has 2 N–H and O–H groups in total. The minimum Gasteiger partial charge on any atom is -0.381 e. The second kappa shape index (κ2) is 2.83. The normalized spacial score (nSPS) is 9.64. The number of hydrogen-bond acceptors (Lipinski definition) is 5. The third kappa shape index (κ3) is 1.45. The van der Waals surface area contributed by atoms with Gasteiger partial charge in [-0.15, -0.1) is 5.10 Å². The molecular weight excluding hydrogens is 164 g/mol. The molecule has 0 aliphatic rings. The highest BCUT2D eigenvalue weighted by Gasteiger charge is 2.14. The van der Waals surface area contributed by atoms with Gasteiger partial charge in [0.15, 0.2) is 10.7 Å². The summed E-state index contributed by atoms with van der Waals surface area (Å²) in [5.41, 5.74) is 5.37. The van der Waals surface area contributed by atoms with Crippen LogP contribution in [0, 0.1) is 0 Å². The molecule has 60 valence electrons. The van der Waals surface area contributed by atoms with Gasteiger partial charge in [-0.05, 0) is 11.5 Å². The standard InChI is InChI=1S/C5H8N4OS/c1-9(2)5(10)3-4(6)7-8-11-3/h6H2,1-2H3. The summed E-state index contributed by atoms with van der Waals surface area (Å²) in [7, 11) is 3.31. The van der Waals surface area contributed by atoms with Crippen LogP contribution in [-0.2, 0) is 0 Å². The number of rotatable bonds is 1. The third-order valence-corrected chi connectivity index (χ3v) is 1.84. The fourth-order valence-corrected chi connectivity index (χ4v) is 1.15. The van der Waals surface area contributed by atoms with Crippen LogP contribution in [0.1, 0.15) is 9.67 Å². The molecule has 0 spiro atoms. The van der Waals surface area contributed by atoms with Gasteiger partial charge in [-0.1, -0.05) is 4.49 Å². The van der Waals surface area contributed by atoms with Gasteiger partial charge < -0.3 is 10.6 Å². The molecule has 11 heavy (non-hydrogen) atoms. The molecule has 0 saturated carbocycles. The lowest BCUT2D eigenvalue weighted by Crippen LogP contribution is -2.21. The highest BCUT2D eigenvalue weighted by Crippen LogP contribution is 2.13. The molecule has 0 aromatic carbocycles. The minimum atomic E-state index is -0.155. The SMILES string of the molecule is CN(C)C(=O)c1snnc1N. The van der Waals surface area contributed by atoms with E-state index >= 15 is 0 Å². The molecular formula is C5H8N4OS. The van der Waals surface area contributed by atoms with E-state index in [9.17, 15) is 4.79 Å². The van der Waals surface area contributed by atoms with E-state index < -0.39 is 0 Å². The molecule has 1 aromatic rings. The Morgan fingerprint density at radius 1 is 1.64 bits per heavy atom. The molecule has 0 radical (unpaired) electrons. The highest BCUT2D eigenvalue weighted by molar-refractivity contribution is 7.08. The predicted molar refractivity (Wildman–Crippen MR) is 42.3 cm³/mol. The lowest BCUT2D eigenvalue weighted by molar-refractivity contribution is 0.0833. The first kappa shape index (κ1) is 7.93. The number of amides is 1. The van der Waals surface area contributed by atoms with E-state index in [4.69, 9.17) is 5.73 Å². The molecule has 0 unspecified atom stereocenters. The van der Waals surface area contributed by atoms with Crippen molar-refractivity contribution in [1.82, 2.24) is 14.5 Å². The summed E-state index contributed by atoms with van der Waals surface area (Å²) >= 11 is 1.01. The van der Waals surface area contributed by atoms with E-state index in [1.165, 1.54) is 4.90 Å². The van der Waals surface area contributed by atoms with Crippen LogP contribution in [0.5, 0.6) is 0 Å². The van der Waals surface area contributed by atoms with Crippen LogP contribution < -0.4 is 5.73 Å². The van der Waals surface area contributed by atoms with Crippen molar-refractivity contribution in [1.29, 1.82) is 0 Å². The second-order valence-electron chi connectivity index (χ2n) is 2.19.